The second-order valence-electron chi connectivity index (χ2n) is 5.76. The van der Waals surface area contributed by atoms with E-state index in [-0.39, 0.29) is 0 Å². The molecule has 0 aliphatic carbocycles. The first kappa shape index (κ1) is 13.3. The van der Waals surface area contributed by atoms with Gasteiger partial charge in [-0.25, -0.2) is 9.97 Å². The minimum atomic E-state index is 0.964. The first-order valence-corrected chi connectivity index (χ1v) is 8.02. The zero-order valence-electron chi connectivity index (χ0n) is 12.8. The molecule has 22 heavy (non-hydrogen) atoms. The van der Waals surface area contributed by atoms with Gasteiger partial charge in [-0.05, 0) is 24.6 Å². The third-order valence-corrected chi connectivity index (χ3v) is 4.24. The molecule has 0 amide bonds. The second kappa shape index (κ2) is 5.41. The first-order valence-electron chi connectivity index (χ1n) is 8.02. The molecule has 0 bridgehead atoms. The monoisotopic (exact) mass is 289 g/mol. The average Bonchev–Trinajstić information content (AvgIpc) is 2.87. The molecule has 0 atom stereocenters. The Morgan fingerprint density at radius 1 is 0.864 bits per heavy atom. The SMILES string of the molecule is CCCCCn1c2ccccc2c2nc3ccccc3nc21. The zero-order valence-corrected chi connectivity index (χ0v) is 12.8. The van der Waals surface area contributed by atoms with E-state index in [0.29, 0.717) is 0 Å². The standard InChI is InChI=1S/C19H19N3/c1-2-3-8-13-22-17-12-7-4-9-14(17)18-19(22)21-16-11-6-5-10-15(16)20-18/h4-7,9-12H,2-3,8,13H2,1H3. The Labute approximate surface area is 129 Å². The predicted octanol–water partition coefficient (Wildman–Crippen LogP) is 4.93. The number of benzene rings is 2. The van der Waals surface area contributed by atoms with Crippen molar-refractivity contribution in [1.82, 2.24) is 14.5 Å². The van der Waals surface area contributed by atoms with Crippen molar-refractivity contribution in [2.24, 2.45) is 0 Å². The van der Waals surface area contributed by atoms with Crippen LogP contribution in [-0.2, 0) is 6.54 Å². The van der Waals surface area contributed by atoms with Gasteiger partial charge in [0, 0.05) is 11.9 Å². The van der Waals surface area contributed by atoms with E-state index in [2.05, 4.69) is 35.8 Å². The quantitative estimate of drug-likeness (QED) is 0.499. The van der Waals surface area contributed by atoms with E-state index in [1.54, 1.807) is 0 Å². The van der Waals surface area contributed by atoms with Crippen molar-refractivity contribution in [3.05, 3.63) is 48.5 Å². The van der Waals surface area contributed by atoms with Crippen LogP contribution in [0.2, 0.25) is 0 Å². The van der Waals surface area contributed by atoms with Gasteiger partial charge in [0.2, 0.25) is 0 Å². The van der Waals surface area contributed by atoms with Gasteiger partial charge in [-0.1, -0.05) is 50.1 Å². The Morgan fingerprint density at radius 2 is 1.59 bits per heavy atom. The van der Waals surface area contributed by atoms with E-state index in [9.17, 15) is 0 Å². The van der Waals surface area contributed by atoms with E-state index in [4.69, 9.17) is 9.97 Å². The van der Waals surface area contributed by atoms with Gasteiger partial charge in [0.25, 0.3) is 0 Å². The van der Waals surface area contributed by atoms with Gasteiger partial charge in [-0.3, -0.25) is 0 Å². The molecule has 4 rings (SSSR count). The van der Waals surface area contributed by atoms with Gasteiger partial charge in [-0.2, -0.15) is 0 Å². The van der Waals surface area contributed by atoms with Crippen molar-refractivity contribution < 1.29 is 0 Å². The fourth-order valence-corrected chi connectivity index (χ4v) is 3.13. The van der Waals surface area contributed by atoms with E-state index in [1.807, 2.05) is 24.3 Å². The Morgan fingerprint density at radius 3 is 2.41 bits per heavy atom. The zero-order chi connectivity index (χ0) is 14.9. The Kier molecular flexibility index (Phi) is 3.26. The van der Waals surface area contributed by atoms with Crippen LogP contribution in [0.5, 0.6) is 0 Å². The van der Waals surface area contributed by atoms with Crippen LogP contribution in [0.25, 0.3) is 33.1 Å². The number of hydrogen-bond donors (Lipinski definition) is 0. The number of rotatable bonds is 4. The Balaban J connectivity index is 2.02. The summed E-state index contributed by atoms with van der Waals surface area (Å²) in [5, 5.41) is 1.20. The van der Waals surface area contributed by atoms with Crippen LogP contribution in [0.15, 0.2) is 48.5 Å². The lowest BCUT2D eigenvalue weighted by Gasteiger charge is -2.06. The molecule has 0 aliphatic heterocycles. The highest BCUT2D eigenvalue weighted by Gasteiger charge is 2.13. The van der Waals surface area contributed by atoms with Crippen molar-refractivity contribution in [3.8, 4) is 0 Å². The van der Waals surface area contributed by atoms with E-state index < -0.39 is 0 Å². The van der Waals surface area contributed by atoms with Crippen molar-refractivity contribution in [2.75, 3.05) is 0 Å². The van der Waals surface area contributed by atoms with Gasteiger partial charge in [0.1, 0.15) is 5.52 Å². The fourth-order valence-electron chi connectivity index (χ4n) is 3.13. The molecule has 110 valence electrons. The number of hydrogen-bond acceptors (Lipinski definition) is 2. The summed E-state index contributed by atoms with van der Waals surface area (Å²) in [6.07, 6.45) is 3.65. The summed E-state index contributed by atoms with van der Waals surface area (Å²) in [7, 11) is 0. The Bertz CT molecular complexity index is 953. The highest BCUT2D eigenvalue weighted by Crippen LogP contribution is 2.28. The van der Waals surface area contributed by atoms with Gasteiger partial charge < -0.3 is 4.57 Å². The molecule has 2 aromatic heterocycles. The van der Waals surface area contributed by atoms with Crippen LogP contribution >= 0.6 is 0 Å². The van der Waals surface area contributed by atoms with Crippen molar-refractivity contribution in [3.63, 3.8) is 0 Å². The topological polar surface area (TPSA) is 30.7 Å². The summed E-state index contributed by atoms with van der Waals surface area (Å²) in [5.74, 6) is 0. The number of unbranched alkanes of at least 4 members (excludes halogenated alkanes) is 2. The predicted molar refractivity (Wildman–Crippen MR) is 92.1 cm³/mol. The molecule has 4 aromatic rings. The summed E-state index contributed by atoms with van der Waals surface area (Å²) < 4.78 is 2.33. The van der Waals surface area contributed by atoms with Crippen LogP contribution in [0, 0.1) is 0 Å². The van der Waals surface area contributed by atoms with Crippen molar-refractivity contribution >= 4 is 33.1 Å². The fraction of sp³-hybridized carbons (Fsp3) is 0.263. The largest absolute Gasteiger partial charge is 0.324 e. The number of nitrogens with zero attached hydrogens (tertiary/aromatic N) is 3. The van der Waals surface area contributed by atoms with E-state index in [1.165, 1.54) is 30.2 Å². The molecule has 3 nitrogen and oxygen atoms in total. The third kappa shape index (κ3) is 2.05. The maximum absolute atomic E-state index is 4.89. The molecular formula is C19H19N3. The smallest absolute Gasteiger partial charge is 0.160 e. The summed E-state index contributed by atoms with van der Waals surface area (Å²) >= 11 is 0. The molecule has 0 spiro atoms. The second-order valence-corrected chi connectivity index (χ2v) is 5.76. The van der Waals surface area contributed by atoms with Gasteiger partial charge >= 0.3 is 0 Å². The molecule has 0 aliphatic rings. The molecule has 2 aromatic carbocycles. The van der Waals surface area contributed by atoms with Crippen LogP contribution in [0.3, 0.4) is 0 Å². The highest BCUT2D eigenvalue weighted by atomic mass is 15.1. The average molecular weight is 289 g/mol. The summed E-state index contributed by atoms with van der Waals surface area (Å²) in [6, 6.07) is 16.6. The molecule has 0 unspecified atom stereocenters. The number of aryl methyl sites for hydroxylation is 1. The van der Waals surface area contributed by atoms with Gasteiger partial charge in [0.15, 0.2) is 5.65 Å². The molecule has 0 radical (unpaired) electrons. The molecule has 0 saturated heterocycles. The Hall–Kier alpha value is -2.42. The molecule has 2 heterocycles. The minimum Gasteiger partial charge on any atom is -0.324 e. The van der Waals surface area contributed by atoms with Crippen LogP contribution in [-0.4, -0.2) is 14.5 Å². The number of aromatic nitrogens is 3. The van der Waals surface area contributed by atoms with Crippen molar-refractivity contribution in [1.29, 1.82) is 0 Å². The maximum Gasteiger partial charge on any atom is 0.160 e. The van der Waals surface area contributed by atoms with Crippen LogP contribution in [0.4, 0.5) is 0 Å². The number of fused-ring (bicyclic) bond motifs is 4. The summed E-state index contributed by atoms with van der Waals surface area (Å²) in [5.41, 5.74) is 5.20. The van der Waals surface area contributed by atoms with E-state index in [0.717, 1.165) is 28.7 Å². The summed E-state index contributed by atoms with van der Waals surface area (Å²) in [6.45, 7) is 3.24. The highest BCUT2D eigenvalue weighted by molar-refractivity contribution is 6.06. The lowest BCUT2D eigenvalue weighted by atomic mass is 10.2. The van der Waals surface area contributed by atoms with Gasteiger partial charge in [-0.15, -0.1) is 0 Å². The van der Waals surface area contributed by atoms with Crippen LogP contribution in [0.1, 0.15) is 26.2 Å². The van der Waals surface area contributed by atoms with Crippen LogP contribution < -0.4 is 0 Å². The number of para-hydroxylation sites is 3. The van der Waals surface area contributed by atoms with Crippen molar-refractivity contribution in [2.45, 2.75) is 32.7 Å². The lowest BCUT2D eigenvalue weighted by Crippen LogP contribution is -1.99. The third-order valence-electron chi connectivity index (χ3n) is 4.24. The minimum absolute atomic E-state index is 0.964. The maximum atomic E-state index is 4.89. The normalized spacial score (nSPS) is 11.7. The molecule has 0 fully saturated rings. The molecule has 0 saturated carbocycles. The summed E-state index contributed by atoms with van der Waals surface area (Å²) in [4.78, 5) is 9.77. The molecule has 3 heteroatoms. The van der Waals surface area contributed by atoms with E-state index >= 15 is 0 Å². The first-order chi connectivity index (χ1) is 10.9. The molecular weight excluding hydrogens is 270 g/mol. The molecule has 0 N–H and O–H groups in total. The van der Waals surface area contributed by atoms with Gasteiger partial charge in [0.05, 0.1) is 16.6 Å². The lowest BCUT2D eigenvalue weighted by molar-refractivity contribution is 0.625.